The van der Waals surface area contributed by atoms with E-state index in [-0.39, 0.29) is 10.6 Å². The van der Waals surface area contributed by atoms with Gasteiger partial charge in [-0.1, -0.05) is 50.3 Å². The highest BCUT2D eigenvalue weighted by Crippen LogP contribution is 2.20. The Hall–Kier alpha value is -2.11. The summed E-state index contributed by atoms with van der Waals surface area (Å²) in [5, 5.41) is 10.9. The Balaban J connectivity index is 2.04. The first-order chi connectivity index (χ1) is 10.6. The molecule has 0 spiro atoms. The highest BCUT2D eigenvalue weighted by molar-refractivity contribution is 5.64. The number of aryl methyl sites for hydroxylation is 1. The number of primary amides is 1. The van der Waals surface area contributed by atoms with Crippen molar-refractivity contribution in [2.45, 2.75) is 51.4 Å². The number of amides is 1. The van der Waals surface area contributed by atoms with Gasteiger partial charge < -0.3 is 10.5 Å². The van der Waals surface area contributed by atoms with Crippen molar-refractivity contribution in [2.24, 2.45) is 5.73 Å². The summed E-state index contributed by atoms with van der Waals surface area (Å²) in [5.74, 6) is 0. The Morgan fingerprint density at radius 2 is 1.64 bits per heavy atom. The number of nitro benzene ring substituents is 1. The third kappa shape index (κ3) is 7.61. The lowest BCUT2D eigenvalue weighted by molar-refractivity contribution is -0.385. The molecular formula is C16H24N2O4. The monoisotopic (exact) mass is 308 g/mol. The minimum atomic E-state index is -0.713. The summed E-state index contributed by atoms with van der Waals surface area (Å²) in [7, 11) is 0. The van der Waals surface area contributed by atoms with E-state index < -0.39 is 6.09 Å². The number of nitrogens with two attached hydrogens (primary N) is 1. The molecule has 0 aromatic heterocycles. The zero-order chi connectivity index (χ0) is 16.2. The number of carbonyl (C=O) groups is 1. The van der Waals surface area contributed by atoms with E-state index in [0.717, 1.165) is 56.9 Å². The average Bonchev–Trinajstić information content (AvgIpc) is 2.49. The molecule has 0 fully saturated rings. The van der Waals surface area contributed by atoms with Crippen LogP contribution in [0.5, 0.6) is 0 Å². The number of benzene rings is 1. The number of para-hydroxylation sites is 1. The lowest BCUT2D eigenvalue weighted by atomic mass is 10.0. The Morgan fingerprint density at radius 1 is 1.05 bits per heavy atom. The lowest BCUT2D eigenvalue weighted by Gasteiger charge is -2.04. The number of unbranched alkanes of at least 4 members (excludes halogenated alkanes) is 6. The molecule has 2 N–H and O–H groups in total. The molecule has 1 rings (SSSR count). The SMILES string of the molecule is NC(=O)OCCCCCCCCCc1ccccc1[N+](=O)[O-]. The molecule has 0 aliphatic rings. The van der Waals surface area contributed by atoms with Gasteiger partial charge in [0.25, 0.3) is 5.69 Å². The Morgan fingerprint density at radius 3 is 2.27 bits per heavy atom. The standard InChI is InChI=1S/C16H24N2O4/c17-16(19)22-13-9-5-3-1-2-4-6-10-14-11-7-8-12-15(14)18(20)21/h7-8,11-12H,1-6,9-10,13H2,(H2,17,19). The maximum absolute atomic E-state index is 10.9. The van der Waals surface area contributed by atoms with E-state index in [1.165, 1.54) is 0 Å². The smallest absolute Gasteiger partial charge is 0.404 e. The molecule has 0 unspecified atom stereocenters. The molecule has 1 aromatic carbocycles. The predicted molar refractivity (Wildman–Crippen MR) is 84.7 cm³/mol. The first-order valence-corrected chi connectivity index (χ1v) is 7.76. The van der Waals surface area contributed by atoms with Crippen LogP contribution in [-0.4, -0.2) is 17.6 Å². The van der Waals surface area contributed by atoms with Crippen LogP contribution in [0.1, 0.15) is 50.5 Å². The summed E-state index contributed by atoms with van der Waals surface area (Å²) in [6.07, 6.45) is 7.31. The largest absolute Gasteiger partial charge is 0.450 e. The second-order valence-electron chi connectivity index (χ2n) is 5.28. The van der Waals surface area contributed by atoms with Crippen LogP contribution in [0.25, 0.3) is 0 Å². The second kappa shape index (κ2) is 10.6. The van der Waals surface area contributed by atoms with Crippen LogP contribution in [0, 0.1) is 10.1 Å². The second-order valence-corrected chi connectivity index (χ2v) is 5.28. The molecular weight excluding hydrogens is 284 g/mol. The molecule has 0 aliphatic carbocycles. The summed E-state index contributed by atoms with van der Waals surface area (Å²) < 4.78 is 4.65. The van der Waals surface area contributed by atoms with Crippen molar-refractivity contribution in [2.75, 3.05) is 6.61 Å². The molecule has 0 bridgehead atoms. The molecule has 1 aromatic rings. The quantitative estimate of drug-likeness (QED) is 0.380. The van der Waals surface area contributed by atoms with Gasteiger partial charge in [0.2, 0.25) is 0 Å². The Labute approximate surface area is 130 Å². The van der Waals surface area contributed by atoms with E-state index in [2.05, 4.69) is 4.74 Å². The van der Waals surface area contributed by atoms with Gasteiger partial charge in [0, 0.05) is 11.6 Å². The van der Waals surface area contributed by atoms with Gasteiger partial charge in [0.15, 0.2) is 0 Å². The number of rotatable bonds is 11. The average molecular weight is 308 g/mol. The minimum Gasteiger partial charge on any atom is -0.450 e. The first-order valence-electron chi connectivity index (χ1n) is 7.76. The van der Waals surface area contributed by atoms with Gasteiger partial charge >= 0.3 is 6.09 Å². The molecule has 6 nitrogen and oxygen atoms in total. The van der Waals surface area contributed by atoms with E-state index in [9.17, 15) is 14.9 Å². The maximum atomic E-state index is 10.9. The Bertz CT molecular complexity index is 477. The van der Waals surface area contributed by atoms with Gasteiger partial charge in [0.05, 0.1) is 11.5 Å². The van der Waals surface area contributed by atoms with Crippen LogP contribution in [0.2, 0.25) is 0 Å². The van der Waals surface area contributed by atoms with Crippen molar-refractivity contribution >= 4 is 11.8 Å². The normalized spacial score (nSPS) is 10.4. The van der Waals surface area contributed by atoms with Gasteiger partial charge in [-0.3, -0.25) is 10.1 Å². The van der Waals surface area contributed by atoms with Gasteiger partial charge in [-0.25, -0.2) is 4.79 Å². The third-order valence-corrected chi connectivity index (χ3v) is 3.52. The van der Waals surface area contributed by atoms with E-state index >= 15 is 0 Å². The molecule has 1 amide bonds. The van der Waals surface area contributed by atoms with Crippen molar-refractivity contribution in [3.05, 3.63) is 39.9 Å². The molecule has 0 radical (unpaired) electrons. The fourth-order valence-electron chi connectivity index (χ4n) is 2.37. The van der Waals surface area contributed by atoms with Crippen molar-refractivity contribution in [1.82, 2.24) is 0 Å². The molecule has 0 saturated carbocycles. The summed E-state index contributed by atoms with van der Waals surface area (Å²) in [4.78, 5) is 20.9. The van der Waals surface area contributed by atoms with E-state index in [1.54, 1.807) is 12.1 Å². The minimum absolute atomic E-state index is 0.219. The van der Waals surface area contributed by atoms with Crippen molar-refractivity contribution in [3.8, 4) is 0 Å². The van der Waals surface area contributed by atoms with Crippen molar-refractivity contribution in [1.29, 1.82) is 0 Å². The summed E-state index contributed by atoms with van der Waals surface area (Å²) in [6, 6.07) is 6.93. The number of ether oxygens (including phenoxy) is 1. The molecule has 6 heteroatoms. The number of hydrogen-bond acceptors (Lipinski definition) is 4. The summed E-state index contributed by atoms with van der Waals surface area (Å²) in [5.41, 5.74) is 5.90. The predicted octanol–water partition coefficient (Wildman–Crippen LogP) is 3.96. The van der Waals surface area contributed by atoms with Gasteiger partial charge in [-0.15, -0.1) is 0 Å². The number of carbonyl (C=O) groups excluding carboxylic acids is 1. The fraction of sp³-hybridized carbons (Fsp3) is 0.562. The summed E-state index contributed by atoms with van der Waals surface area (Å²) >= 11 is 0. The zero-order valence-corrected chi connectivity index (χ0v) is 12.8. The van der Waals surface area contributed by atoms with E-state index in [1.807, 2.05) is 12.1 Å². The first kappa shape index (κ1) is 17.9. The highest BCUT2D eigenvalue weighted by Gasteiger charge is 2.11. The van der Waals surface area contributed by atoms with Gasteiger partial charge in [-0.2, -0.15) is 0 Å². The molecule has 22 heavy (non-hydrogen) atoms. The van der Waals surface area contributed by atoms with Crippen LogP contribution < -0.4 is 5.73 Å². The number of nitro groups is 1. The maximum Gasteiger partial charge on any atom is 0.404 e. The van der Waals surface area contributed by atoms with Crippen molar-refractivity contribution in [3.63, 3.8) is 0 Å². The van der Waals surface area contributed by atoms with Crippen LogP contribution in [0.15, 0.2) is 24.3 Å². The zero-order valence-electron chi connectivity index (χ0n) is 12.8. The molecule has 122 valence electrons. The molecule has 0 atom stereocenters. The van der Waals surface area contributed by atoms with Crippen LogP contribution in [0.3, 0.4) is 0 Å². The summed E-state index contributed by atoms with van der Waals surface area (Å²) in [6.45, 7) is 0.396. The molecule has 0 saturated heterocycles. The fourth-order valence-corrected chi connectivity index (χ4v) is 2.37. The Kier molecular flexibility index (Phi) is 8.64. The third-order valence-electron chi connectivity index (χ3n) is 3.52. The van der Waals surface area contributed by atoms with Gasteiger partial charge in [-0.05, 0) is 19.3 Å². The van der Waals surface area contributed by atoms with Crippen molar-refractivity contribution < 1.29 is 14.5 Å². The molecule has 0 aliphatic heterocycles. The molecule has 0 heterocycles. The van der Waals surface area contributed by atoms with Crippen LogP contribution in [-0.2, 0) is 11.2 Å². The number of hydrogen-bond donors (Lipinski definition) is 1. The lowest BCUT2D eigenvalue weighted by Crippen LogP contribution is -2.13. The van der Waals surface area contributed by atoms with Crippen LogP contribution in [0.4, 0.5) is 10.5 Å². The van der Waals surface area contributed by atoms with Gasteiger partial charge in [0.1, 0.15) is 0 Å². The van der Waals surface area contributed by atoms with E-state index in [0.29, 0.717) is 6.61 Å². The van der Waals surface area contributed by atoms with E-state index in [4.69, 9.17) is 5.73 Å². The number of nitrogens with zero attached hydrogens (tertiary/aromatic N) is 1. The highest BCUT2D eigenvalue weighted by atomic mass is 16.6. The topological polar surface area (TPSA) is 95.5 Å². The van der Waals surface area contributed by atoms with Crippen LogP contribution >= 0.6 is 0 Å².